The molecule has 1 aliphatic heterocycles. The smallest absolute Gasteiger partial charge is 0.266 e. The Morgan fingerprint density at radius 1 is 1.10 bits per heavy atom. The van der Waals surface area contributed by atoms with Gasteiger partial charge in [-0.1, -0.05) is 0 Å². The molecule has 1 aromatic carbocycles. The fourth-order valence-electron chi connectivity index (χ4n) is 2.51. The minimum Gasteiger partial charge on any atom is -0.493 e. The average Bonchev–Trinajstić information content (AvgIpc) is 3.00. The number of aliphatic hydroxyl groups is 1. The lowest BCUT2D eigenvalue weighted by atomic mass is 10.0. The van der Waals surface area contributed by atoms with E-state index >= 15 is 0 Å². The van der Waals surface area contributed by atoms with E-state index < -0.39 is 11.9 Å². The second-order valence-electron chi connectivity index (χ2n) is 5.17. The van der Waals surface area contributed by atoms with E-state index in [-0.39, 0.29) is 0 Å². The molecule has 0 unspecified atom stereocenters. The number of benzene rings is 1. The zero-order valence-corrected chi connectivity index (χ0v) is 12.3. The van der Waals surface area contributed by atoms with Crippen molar-refractivity contribution in [2.24, 2.45) is 0 Å². The summed E-state index contributed by atoms with van der Waals surface area (Å²) < 4.78 is 22.2. The number of ether oxygens (including phenoxy) is 4. The highest BCUT2D eigenvalue weighted by Gasteiger charge is 2.47. The monoisotopic (exact) mass is 292 g/mol. The predicted molar refractivity (Wildman–Crippen MR) is 76.0 cm³/mol. The zero-order valence-electron chi connectivity index (χ0n) is 12.3. The van der Waals surface area contributed by atoms with Crippen LogP contribution in [0.3, 0.4) is 0 Å². The van der Waals surface area contributed by atoms with E-state index in [4.69, 9.17) is 18.9 Å². The summed E-state index contributed by atoms with van der Waals surface area (Å²) >= 11 is 0. The second kappa shape index (κ2) is 5.48. The standard InChI is InChI=1S/C16H20O5/c1-3-18-12-9-11(15-20-7-8-21-15)10-13(19-4-2)14(12)16(17)5-6-16/h7-10,15,17H,3-6H2,1-2H3. The number of hydrogen-bond acceptors (Lipinski definition) is 5. The van der Waals surface area contributed by atoms with Crippen LogP contribution in [0.15, 0.2) is 24.7 Å². The van der Waals surface area contributed by atoms with Crippen LogP contribution < -0.4 is 9.47 Å². The molecule has 0 atom stereocenters. The third kappa shape index (κ3) is 2.65. The quantitative estimate of drug-likeness (QED) is 0.873. The summed E-state index contributed by atoms with van der Waals surface area (Å²) in [4.78, 5) is 0. The SMILES string of the molecule is CCOc1cc(C2OC=CO2)cc(OCC)c1C1(O)CC1. The Bertz CT molecular complexity index is 513. The Morgan fingerprint density at radius 2 is 1.62 bits per heavy atom. The van der Waals surface area contributed by atoms with Crippen molar-refractivity contribution in [3.05, 3.63) is 35.8 Å². The van der Waals surface area contributed by atoms with Crippen molar-refractivity contribution in [1.82, 2.24) is 0 Å². The van der Waals surface area contributed by atoms with Crippen LogP contribution in [0.2, 0.25) is 0 Å². The zero-order chi connectivity index (χ0) is 14.9. The average molecular weight is 292 g/mol. The van der Waals surface area contributed by atoms with E-state index in [2.05, 4.69) is 0 Å². The maximum atomic E-state index is 10.5. The van der Waals surface area contributed by atoms with Gasteiger partial charge >= 0.3 is 0 Å². The lowest BCUT2D eigenvalue weighted by molar-refractivity contribution is -0.0250. The predicted octanol–water partition coefficient (Wildman–Crippen LogP) is 2.98. The van der Waals surface area contributed by atoms with Gasteiger partial charge < -0.3 is 24.1 Å². The van der Waals surface area contributed by atoms with Crippen molar-refractivity contribution in [3.8, 4) is 11.5 Å². The van der Waals surface area contributed by atoms with E-state index in [0.29, 0.717) is 24.7 Å². The Labute approximate surface area is 124 Å². The molecule has 3 rings (SSSR count). The van der Waals surface area contributed by atoms with Gasteiger partial charge in [0.25, 0.3) is 6.29 Å². The first kappa shape index (κ1) is 14.1. The van der Waals surface area contributed by atoms with Crippen LogP contribution in [0.5, 0.6) is 11.5 Å². The van der Waals surface area contributed by atoms with Crippen molar-refractivity contribution in [1.29, 1.82) is 0 Å². The highest BCUT2D eigenvalue weighted by atomic mass is 16.7. The van der Waals surface area contributed by atoms with E-state index in [1.807, 2.05) is 26.0 Å². The van der Waals surface area contributed by atoms with Crippen molar-refractivity contribution < 1.29 is 24.1 Å². The molecule has 1 saturated carbocycles. The van der Waals surface area contributed by atoms with Gasteiger partial charge in [0.05, 0.1) is 24.4 Å². The maximum absolute atomic E-state index is 10.5. The van der Waals surface area contributed by atoms with Crippen molar-refractivity contribution in [2.75, 3.05) is 13.2 Å². The Balaban J connectivity index is 2.04. The summed E-state index contributed by atoms with van der Waals surface area (Å²) in [6.07, 6.45) is 3.97. The van der Waals surface area contributed by atoms with Gasteiger partial charge in [0.2, 0.25) is 0 Å². The summed E-state index contributed by atoms with van der Waals surface area (Å²) in [5, 5.41) is 10.5. The van der Waals surface area contributed by atoms with Crippen LogP contribution in [0.4, 0.5) is 0 Å². The van der Waals surface area contributed by atoms with Gasteiger partial charge in [0.15, 0.2) is 0 Å². The summed E-state index contributed by atoms with van der Waals surface area (Å²) in [5.41, 5.74) is 0.712. The van der Waals surface area contributed by atoms with Crippen LogP contribution in [-0.4, -0.2) is 18.3 Å². The van der Waals surface area contributed by atoms with Gasteiger partial charge in [-0.3, -0.25) is 0 Å². The molecule has 5 nitrogen and oxygen atoms in total. The molecule has 0 amide bonds. The van der Waals surface area contributed by atoms with E-state index in [1.165, 1.54) is 12.5 Å². The second-order valence-corrected chi connectivity index (χ2v) is 5.17. The van der Waals surface area contributed by atoms with Crippen LogP contribution in [0.25, 0.3) is 0 Å². The van der Waals surface area contributed by atoms with Gasteiger partial charge in [-0.25, -0.2) is 0 Å². The molecule has 1 aliphatic carbocycles. The minimum absolute atomic E-state index is 0.494. The highest BCUT2D eigenvalue weighted by molar-refractivity contribution is 5.53. The summed E-state index contributed by atoms with van der Waals surface area (Å²) in [6.45, 7) is 4.86. The first-order valence-corrected chi connectivity index (χ1v) is 7.30. The molecule has 0 aromatic heterocycles. The Morgan fingerprint density at radius 3 is 2.05 bits per heavy atom. The molecular formula is C16H20O5. The molecule has 5 heteroatoms. The summed E-state index contributed by atoms with van der Waals surface area (Å²) in [7, 11) is 0. The molecular weight excluding hydrogens is 272 g/mol. The van der Waals surface area contributed by atoms with Gasteiger partial charge in [-0.2, -0.15) is 0 Å². The topological polar surface area (TPSA) is 57.2 Å². The van der Waals surface area contributed by atoms with E-state index in [9.17, 15) is 5.11 Å². The van der Waals surface area contributed by atoms with Crippen LogP contribution >= 0.6 is 0 Å². The van der Waals surface area contributed by atoms with Gasteiger partial charge in [-0.15, -0.1) is 0 Å². The lowest BCUT2D eigenvalue weighted by Crippen LogP contribution is -2.13. The Kier molecular flexibility index (Phi) is 3.68. The molecule has 114 valence electrons. The number of rotatable bonds is 6. The molecule has 2 aliphatic rings. The fourth-order valence-corrected chi connectivity index (χ4v) is 2.51. The van der Waals surface area contributed by atoms with Crippen LogP contribution in [0.1, 0.15) is 44.1 Å². The third-order valence-corrected chi connectivity index (χ3v) is 3.61. The van der Waals surface area contributed by atoms with Crippen molar-refractivity contribution >= 4 is 0 Å². The normalized spacial score (nSPS) is 19.0. The molecule has 1 heterocycles. The van der Waals surface area contributed by atoms with Crippen molar-refractivity contribution in [3.63, 3.8) is 0 Å². The minimum atomic E-state index is -0.830. The summed E-state index contributed by atoms with van der Waals surface area (Å²) in [5.74, 6) is 1.27. The largest absolute Gasteiger partial charge is 0.493 e. The van der Waals surface area contributed by atoms with E-state index in [0.717, 1.165) is 24.0 Å². The lowest BCUT2D eigenvalue weighted by Gasteiger charge is -2.21. The van der Waals surface area contributed by atoms with Crippen LogP contribution in [0, 0.1) is 0 Å². The number of hydrogen-bond donors (Lipinski definition) is 1. The first-order valence-electron chi connectivity index (χ1n) is 7.30. The fraction of sp³-hybridized carbons (Fsp3) is 0.500. The van der Waals surface area contributed by atoms with Gasteiger partial charge in [0, 0.05) is 5.56 Å². The van der Waals surface area contributed by atoms with Crippen molar-refractivity contribution in [2.45, 2.75) is 38.6 Å². The molecule has 1 aromatic rings. The molecule has 1 N–H and O–H groups in total. The van der Waals surface area contributed by atoms with Gasteiger partial charge in [-0.05, 0) is 38.8 Å². The molecule has 0 bridgehead atoms. The third-order valence-electron chi connectivity index (χ3n) is 3.61. The first-order chi connectivity index (χ1) is 10.2. The summed E-state index contributed by atoms with van der Waals surface area (Å²) in [6, 6.07) is 3.71. The van der Waals surface area contributed by atoms with E-state index in [1.54, 1.807) is 0 Å². The maximum Gasteiger partial charge on any atom is 0.266 e. The molecule has 0 saturated heterocycles. The highest BCUT2D eigenvalue weighted by Crippen LogP contribution is 2.53. The Hall–Kier alpha value is -1.88. The molecule has 0 radical (unpaired) electrons. The molecule has 0 spiro atoms. The van der Waals surface area contributed by atoms with Gasteiger partial charge in [0.1, 0.15) is 24.0 Å². The molecule has 21 heavy (non-hydrogen) atoms. The molecule has 1 fully saturated rings. The van der Waals surface area contributed by atoms with Crippen LogP contribution in [-0.2, 0) is 15.1 Å².